The number of hydrogen-bond acceptors (Lipinski definition) is 5. The lowest BCUT2D eigenvalue weighted by atomic mass is 10.1. The van der Waals surface area contributed by atoms with Crippen LogP contribution in [0.4, 0.5) is 0 Å². The monoisotopic (exact) mass is 452 g/mol. The zero-order valence-electron chi connectivity index (χ0n) is 18.9. The largest absolute Gasteiger partial charge is 0.493 e. The molecule has 0 saturated heterocycles. The summed E-state index contributed by atoms with van der Waals surface area (Å²) in [7, 11) is 1.65. The second kappa shape index (κ2) is 12.8. The molecular weight excluding hydrogens is 420 g/mol. The fourth-order valence-corrected chi connectivity index (χ4v) is 3.60. The van der Waals surface area contributed by atoms with Gasteiger partial charge in [-0.25, -0.2) is 5.10 Å². The van der Waals surface area contributed by atoms with E-state index in [0.717, 1.165) is 23.3 Å². The van der Waals surface area contributed by atoms with Crippen molar-refractivity contribution in [1.82, 2.24) is 14.9 Å². The van der Waals surface area contributed by atoms with Gasteiger partial charge >= 0.3 is 0 Å². The van der Waals surface area contributed by atoms with E-state index in [1.54, 1.807) is 18.0 Å². The molecule has 0 aliphatic carbocycles. The minimum absolute atomic E-state index is 0.432. The number of aromatic nitrogens is 3. The van der Waals surface area contributed by atoms with E-state index in [-0.39, 0.29) is 0 Å². The number of ether oxygens (including phenoxy) is 2. The van der Waals surface area contributed by atoms with Crippen LogP contribution in [-0.2, 0) is 0 Å². The lowest BCUT2D eigenvalue weighted by molar-refractivity contribution is 0.284. The summed E-state index contributed by atoms with van der Waals surface area (Å²) in [6, 6.07) is 15.6. The van der Waals surface area contributed by atoms with Gasteiger partial charge in [0.2, 0.25) is 4.77 Å². The number of H-pyrrole nitrogens is 1. The molecule has 1 heterocycles. The molecule has 0 aliphatic heterocycles. The predicted molar refractivity (Wildman–Crippen MR) is 132 cm³/mol. The minimum atomic E-state index is 0.432. The van der Waals surface area contributed by atoms with E-state index in [2.05, 4.69) is 22.2 Å². The standard InChI is InChI=1S/C25H32N4O2S/c1-3-4-5-6-7-8-12-17-31-22-16-15-20(18-23(22)30-2)19-26-29-24(27-28-25(29)32)21-13-10-9-11-14-21/h9-11,13-16,18-19H,3-8,12,17H2,1-2H3,(H,28,32)/b26-19-. The smallest absolute Gasteiger partial charge is 0.216 e. The highest BCUT2D eigenvalue weighted by Gasteiger charge is 2.08. The molecule has 7 heteroatoms. The van der Waals surface area contributed by atoms with E-state index in [1.807, 2.05) is 48.5 Å². The fraction of sp³-hybridized carbons (Fsp3) is 0.400. The van der Waals surface area contributed by atoms with Crippen molar-refractivity contribution in [3.05, 3.63) is 58.9 Å². The van der Waals surface area contributed by atoms with Crippen LogP contribution in [0.3, 0.4) is 0 Å². The van der Waals surface area contributed by atoms with Gasteiger partial charge in [-0.3, -0.25) is 0 Å². The molecule has 0 amide bonds. The van der Waals surface area contributed by atoms with Crippen molar-refractivity contribution in [1.29, 1.82) is 0 Å². The normalized spacial score (nSPS) is 11.2. The van der Waals surface area contributed by atoms with Crippen molar-refractivity contribution in [3.8, 4) is 22.9 Å². The molecule has 2 aromatic carbocycles. The van der Waals surface area contributed by atoms with Gasteiger partial charge in [0.1, 0.15) is 0 Å². The summed E-state index contributed by atoms with van der Waals surface area (Å²) in [5.41, 5.74) is 1.82. The summed E-state index contributed by atoms with van der Waals surface area (Å²) in [6.45, 7) is 2.94. The topological polar surface area (TPSA) is 64.4 Å². The van der Waals surface area contributed by atoms with Gasteiger partial charge in [-0.15, -0.1) is 0 Å². The van der Waals surface area contributed by atoms with E-state index in [9.17, 15) is 0 Å². The van der Waals surface area contributed by atoms with Crippen LogP contribution in [0.15, 0.2) is 53.6 Å². The zero-order valence-corrected chi connectivity index (χ0v) is 19.7. The van der Waals surface area contributed by atoms with Crippen LogP contribution in [0.2, 0.25) is 0 Å². The highest BCUT2D eigenvalue weighted by Crippen LogP contribution is 2.28. The summed E-state index contributed by atoms with van der Waals surface area (Å²) in [6.07, 6.45) is 10.5. The predicted octanol–water partition coefficient (Wildman–Crippen LogP) is 6.63. The Hall–Kier alpha value is -2.93. The zero-order chi connectivity index (χ0) is 22.6. The van der Waals surface area contributed by atoms with Crippen molar-refractivity contribution in [2.24, 2.45) is 5.10 Å². The number of nitrogens with one attached hydrogen (secondary N) is 1. The van der Waals surface area contributed by atoms with Crippen molar-refractivity contribution in [3.63, 3.8) is 0 Å². The molecule has 1 aromatic heterocycles. The van der Waals surface area contributed by atoms with Crippen LogP contribution in [0.25, 0.3) is 11.4 Å². The van der Waals surface area contributed by atoms with Crippen LogP contribution in [-0.4, -0.2) is 34.8 Å². The third kappa shape index (κ3) is 6.79. The van der Waals surface area contributed by atoms with Crippen molar-refractivity contribution in [2.45, 2.75) is 51.9 Å². The third-order valence-electron chi connectivity index (χ3n) is 5.20. The van der Waals surface area contributed by atoms with E-state index in [0.29, 0.717) is 23.0 Å². The molecule has 0 bridgehead atoms. The lowest BCUT2D eigenvalue weighted by Crippen LogP contribution is -2.00. The average molecular weight is 453 g/mol. The molecule has 3 aromatic rings. The molecule has 0 spiro atoms. The first-order chi connectivity index (χ1) is 15.7. The van der Waals surface area contributed by atoms with Crippen LogP contribution in [0, 0.1) is 4.77 Å². The number of benzene rings is 2. The van der Waals surface area contributed by atoms with Gasteiger partial charge in [-0.1, -0.05) is 75.8 Å². The number of nitrogens with zero attached hydrogens (tertiary/aromatic N) is 3. The maximum absolute atomic E-state index is 5.95. The Morgan fingerprint density at radius 3 is 2.50 bits per heavy atom. The Balaban J connectivity index is 1.60. The maximum atomic E-state index is 5.95. The molecule has 0 radical (unpaired) electrons. The molecule has 0 atom stereocenters. The molecule has 0 unspecified atom stereocenters. The van der Waals surface area contributed by atoms with Crippen molar-refractivity contribution < 1.29 is 9.47 Å². The Morgan fingerprint density at radius 1 is 1.00 bits per heavy atom. The number of aromatic amines is 1. The van der Waals surface area contributed by atoms with Gasteiger partial charge in [0.25, 0.3) is 0 Å². The quantitative estimate of drug-likeness (QED) is 0.180. The van der Waals surface area contributed by atoms with Crippen LogP contribution in [0.5, 0.6) is 11.5 Å². The summed E-state index contributed by atoms with van der Waals surface area (Å²) in [5, 5.41) is 11.6. The summed E-state index contributed by atoms with van der Waals surface area (Å²) in [4.78, 5) is 0. The van der Waals surface area contributed by atoms with Gasteiger partial charge in [0, 0.05) is 5.56 Å². The molecule has 0 saturated carbocycles. The molecule has 6 nitrogen and oxygen atoms in total. The SMILES string of the molecule is CCCCCCCCCOc1ccc(/C=N\n2c(-c3ccccc3)n[nH]c2=S)cc1OC. The first kappa shape index (κ1) is 23.7. The lowest BCUT2D eigenvalue weighted by Gasteiger charge is -2.11. The van der Waals surface area contributed by atoms with Crippen molar-refractivity contribution in [2.75, 3.05) is 13.7 Å². The minimum Gasteiger partial charge on any atom is -0.493 e. The van der Waals surface area contributed by atoms with E-state index in [1.165, 1.54) is 38.5 Å². The second-order valence-electron chi connectivity index (χ2n) is 7.65. The molecule has 0 fully saturated rings. The molecule has 0 aliphatic rings. The van der Waals surface area contributed by atoms with Crippen LogP contribution >= 0.6 is 12.2 Å². The Kier molecular flexibility index (Phi) is 9.50. The maximum Gasteiger partial charge on any atom is 0.216 e. The molecule has 1 N–H and O–H groups in total. The van der Waals surface area contributed by atoms with Gasteiger partial charge in [0.15, 0.2) is 17.3 Å². The van der Waals surface area contributed by atoms with Gasteiger partial charge in [0.05, 0.1) is 19.9 Å². The van der Waals surface area contributed by atoms with Gasteiger partial charge in [-0.05, 0) is 42.4 Å². The fourth-order valence-electron chi connectivity index (χ4n) is 3.42. The number of unbranched alkanes of at least 4 members (excludes halogenated alkanes) is 6. The highest BCUT2D eigenvalue weighted by molar-refractivity contribution is 7.71. The number of rotatable bonds is 13. The van der Waals surface area contributed by atoms with Crippen LogP contribution < -0.4 is 9.47 Å². The number of methoxy groups -OCH3 is 1. The summed E-state index contributed by atoms with van der Waals surface area (Å²) >= 11 is 5.34. The van der Waals surface area contributed by atoms with Crippen LogP contribution in [0.1, 0.15) is 57.4 Å². The van der Waals surface area contributed by atoms with Gasteiger partial charge < -0.3 is 9.47 Å². The third-order valence-corrected chi connectivity index (χ3v) is 5.46. The van der Waals surface area contributed by atoms with Gasteiger partial charge in [-0.2, -0.15) is 14.9 Å². The average Bonchev–Trinajstić information content (AvgIpc) is 3.20. The Morgan fingerprint density at radius 2 is 1.75 bits per heavy atom. The first-order valence-electron chi connectivity index (χ1n) is 11.3. The highest BCUT2D eigenvalue weighted by atomic mass is 32.1. The van der Waals surface area contributed by atoms with E-state index < -0.39 is 0 Å². The summed E-state index contributed by atoms with van der Waals surface area (Å²) < 4.78 is 13.5. The molecule has 32 heavy (non-hydrogen) atoms. The Labute approximate surface area is 195 Å². The van der Waals surface area contributed by atoms with E-state index >= 15 is 0 Å². The molecule has 3 rings (SSSR count). The number of hydrogen-bond donors (Lipinski definition) is 1. The second-order valence-corrected chi connectivity index (χ2v) is 8.04. The molecule has 170 valence electrons. The van der Waals surface area contributed by atoms with E-state index in [4.69, 9.17) is 21.7 Å². The summed E-state index contributed by atoms with van der Waals surface area (Å²) in [5.74, 6) is 2.10. The van der Waals surface area contributed by atoms with Crippen molar-refractivity contribution >= 4 is 18.4 Å². The first-order valence-corrected chi connectivity index (χ1v) is 11.7. The Bertz CT molecular complexity index is 1040. The molecular formula is C25H32N4O2S.